The molecule has 2 N–H and O–H groups in total. The lowest BCUT2D eigenvalue weighted by Gasteiger charge is -2.13. The number of aryl methyl sites for hydroxylation is 1. The van der Waals surface area contributed by atoms with Gasteiger partial charge in [0.15, 0.2) is 0 Å². The Kier molecular flexibility index (Phi) is 4.99. The molecule has 0 saturated carbocycles. The van der Waals surface area contributed by atoms with Crippen molar-refractivity contribution in [3.8, 4) is 11.3 Å². The maximum Gasteiger partial charge on any atom is 0.275 e. The Morgan fingerprint density at radius 3 is 2.58 bits per heavy atom. The van der Waals surface area contributed by atoms with E-state index in [1.54, 1.807) is 43.3 Å². The van der Waals surface area contributed by atoms with Crippen molar-refractivity contribution in [3.63, 3.8) is 0 Å². The number of sulfonamides is 1. The fraction of sp³-hybridized carbons (Fsp3) is 0.0476. The molecule has 0 atom stereocenters. The van der Waals surface area contributed by atoms with Crippen LogP contribution in [0, 0.1) is 17.0 Å². The van der Waals surface area contributed by atoms with E-state index in [9.17, 15) is 23.3 Å². The Hall–Kier alpha value is -4.05. The summed E-state index contributed by atoms with van der Waals surface area (Å²) in [7, 11) is -4.16. The van der Waals surface area contributed by atoms with Crippen LogP contribution < -0.4 is 10.3 Å². The number of fused-ring (bicyclic) bond motifs is 1. The van der Waals surface area contributed by atoms with Gasteiger partial charge in [-0.3, -0.25) is 19.6 Å². The van der Waals surface area contributed by atoms with Crippen molar-refractivity contribution >= 4 is 32.4 Å². The van der Waals surface area contributed by atoms with Crippen LogP contribution in [0.1, 0.15) is 5.56 Å². The zero-order chi connectivity index (χ0) is 22.2. The van der Waals surface area contributed by atoms with Crippen molar-refractivity contribution < 1.29 is 13.3 Å². The lowest BCUT2D eigenvalue weighted by molar-refractivity contribution is -0.385. The SMILES string of the molecule is Cc1ccc(NS(=O)(=O)c2cccc([N+](=O)[O-])c2)c(-c2nc3ccccc3[nH]c2=O)c1. The number of nitrogens with one attached hydrogen (secondary N) is 2. The maximum absolute atomic E-state index is 12.9. The summed E-state index contributed by atoms with van der Waals surface area (Å²) >= 11 is 0. The number of hydrogen-bond acceptors (Lipinski definition) is 6. The summed E-state index contributed by atoms with van der Waals surface area (Å²) < 4.78 is 28.2. The second-order valence-electron chi connectivity index (χ2n) is 6.84. The van der Waals surface area contributed by atoms with Gasteiger partial charge in [-0.25, -0.2) is 13.4 Å². The van der Waals surface area contributed by atoms with E-state index in [4.69, 9.17) is 0 Å². The molecule has 0 aliphatic carbocycles. The fourth-order valence-corrected chi connectivity index (χ4v) is 4.24. The summed E-state index contributed by atoms with van der Waals surface area (Å²) in [6.07, 6.45) is 0. The molecular formula is C21H16N4O5S. The van der Waals surface area contributed by atoms with Crippen LogP contribution in [0.4, 0.5) is 11.4 Å². The highest BCUT2D eigenvalue weighted by molar-refractivity contribution is 7.92. The van der Waals surface area contributed by atoms with Gasteiger partial charge < -0.3 is 4.98 Å². The number of nitro groups is 1. The van der Waals surface area contributed by atoms with Crippen molar-refractivity contribution in [1.82, 2.24) is 9.97 Å². The number of hydrogen-bond donors (Lipinski definition) is 2. The van der Waals surface area contributed by atoms with Crippen molar-refractivity contribution in [1.29, 1.82) is 0 Å². The monoisotopic (exact) mass is 436 g/mol. The van der Waals surface area contributed by atoms with E-state index >= 15 is 0 Å². The van der Waals surface area contributed by atoms with E-state index in [0.29, 0.717) is 16.6 Å². The van der Waals surface area contributed by atoms with E-state index in [1.807, 2.05) is 0 Å². The lowest BCUT2D eigenvalue weighted by Crippen LogP contribution is -2.16. The molecule has 1 aromatic heterocycles. The second-order valence-corrected chi connectivity index (χ2v) is 8.52. The average Bonchev–Trinajstić information content (AvgIpc) is 2.74. The summed E-state index contributed by atoms with van der Waals surface area (Å²) in [5.74, 6) is 0. The van der Waals surface area contributed by atoms with Crippen LogP contribution in [0.2, 0.25) is 0 Å². The van der Waals surface area contributed by atoms with Crippen molar-refractivity contribution in [2.24, 2.45) is 0 Å². The number of aromatic amines is 1. The van der Waals surface area contributed by atoms with Gasteiger partial charge in [0, 0.05) is 17.7 Å². The largest absolute Gasteiger partial charge is 0.319 e. The molecule has 3 aromatic carbocycles. The van der Waals surface area contributed by atoms with Gasteiger partial charge in [0.1, 0.15) is 5.69 Å². The van der Waals surface area contributed by atoms with Crippen LogP contribution >= 0.6 is 0 Å². The third kappa shape index (κ3) is 4.01. The topological polar surface area (TPSA) is 135 Å². The zero-order valence-corrected chi connectivity index (χ0v) is 17.0. The van der Waals surface area contributed by atoms with E-state index in [1.165, 1.54) is 24.3 Å². The van der Waals surface area contributed by atoms with Gasteiger partial charge in [-0.2, -0.15) is 0 Å². The Morgan fingerprint density at radius 1 is 1.03 bits per heavy atom. The van der Waals surface area contributed by atoms with Crippen molar-refractivity contribution in [2.75, 3.05) is 4.72 Å². The van der Waals surface area contributed by atoms with E-state index < -0.39 is 20.5 Å². The summed E-state index contributed by atoms with van der Waals surface area (Å²) in [6, 6.07) is 16.6. The number of non-ortho nitro benzene ring substituents is 1. The number of H-pyrrole nitrogens is 1. The molecule has 9 nitrogen and oxygen atoms in total. The van der Waals surface area contributed by atoms with Crippen LogP contribution in [-0.4, -0.2) is 23.3 Å². The molecule has 0 amide bonds. The molecule has 0 spiro atoms. The Labute approximate surface area is 176 Å². The van der Waals surface area contributed by atoms with Gasteiger partial charge in [-0.05, 0) is 37.3 Å². The maximum atomic E-state index is 12.9. The predicted octanol–water partition coefficient (Wildman–Crippen LogP) is 3.61. The molecule has 0 aliphatic heterocycles. The molecule has 0 fully saturated rings. The first-order chi connectivity index (χ1) is 14.7. The molecular weight excluding hydrogens is 420 g/mol. The summed E-state index contributed by atoms with van der Waals surface area (Å²) in [5.41, 5.74) is 1.56. The Balaban J connectivity index is 1.83. The number of nitrogens with zero attached hydrogens (tertiary/aromatic N) is 2. The number of benzene rings is 3. The van der Waals surface area contributed by atoms with Crippen LogP contribution in [0.5, 0.6) is 0 Å². The average molecular weight is 436 g/mol. The molecule has 4 aromatic rings. The standard InChI is InChI=1S/C21H16N4O5S/c1-13-9-10-17(24-31(29,30)15-6-4-5-14(12-15)25(27)28)16(11-13)20-21(26)23-19-8-3-2-7-18(19)22-20/h2-12,24H,1H3,(H,23,26). The smallest absolute Gasteiger partial charge is 0.275 e. The molecule has 10 heteroatoms. The van der Waals surface area contributed by atoms with Crippen LogP contribution in [-0.2, 0) is 10.0 Å². The minimum absolute atomic E-state index is 0.0548. The van der Waals surface area contributed by atoms with Gasteiger partial charge >= 0.3 is 0 Å². The van der Waals surface area contributed by atoms with E-state index in [0.717, 1.165) is 11.6 Å². The van der Waals surface area contributed by atoms with Gasteiger partial charge in [0.2, 0.25) is 0 Å². The highest BCUT2D eigenvalue weighted by Crippen LogP contribution is 2.29. The zero-order valence-electron chi connectivity index (χ0n) is 16.2. The molecule has 0 bridgehead atoms. The highest BCUT2D eigenvalue weighted by atomic mass is 32.2. The number of rotatable bonds is 5. The van der Waals surface area contributed by atoms with Gasteiger partial charge in [0.05, 0.1) is 26.5 Å². The fourth-order valence-electron chi connectivity index (χ4n) is 3.12. The number of aromatic nitrogens is 2. The molecule has 156 valence electrons. The summed E-state index contributed by atoms with van der Waals surface area (Å²) in [5, 5.41) is 11.0. The van der Waals surface area contributed by atoms with E-state index in [2.05, 4.69) is 14.7 Å². The molecule has 0 unspecified atom stereocenters. The van der Waals surface area contributed by atoms with Crippen molar-refractivity contribution in [2.45, 2.75) is 11.8 Å². The van der Waals surface area contributed by atoms with Gasteiger partial charge in [-0.1, -0.05) is 29.8 Å². The first-order valence-electron chi connectivity index (χ1n) is 9.12. The molecule has 1 heterocycles. The van der Waals surface area contributed by atoms with Crippen LogP contribution in [0.25, 0.3) is 22.3 Å². The lowest BCUT2D eigenvalue weighted by atomic mass is 10.1. The molecule has 31 heavy (non-hydrogen) atoms. The summed E-state index contributed by atoms with van der Waals surface area (Å²) in [6.45, 7) is 1.80. The third-order valence-corrected chi connectivity index (χ3v) is 5.98. The minimum atomic E-state index is -4.16. The minimum Gasteiger partial charge on any atom is -0.319 e. The Bertz CT molecular complexity index is 1500. The van der Waals surface area contributed by atoms with Gasteiger partial charge in [-0.15, -0.1) is 0 Å². The second kappa shape index (κ2) is 7.65. The quantitative estimate of drug-likeness (QED) is 0.362. The highest BCUT2D eigenvalue weighted by Gasteiger charge is 2.21. The number of nitro benzene ring substituents is 1. The molecule has 0 saturated heterocycles. The van der Waals surface area contributed by atoms with Crippen LogP contribution in [0.15, 0.2) is 76.4 Å². The third-order valence-electron chi connectivity index (χ3n) is 4.61. The molecule has 0 aliphatic rings. The first kappa shape index (κ1) is 20.2. The normalized spacial score (nSPS) is 11.4. The van der Waals surface area contributed by atoms with E-state index in [-0.39, 0.29) is 22.0 Å². The van der Waals surface area contributed by atoms with Crippen LogP contribution in [0.3, 0.4) is 0 Å². The number of anilines is 1. The van der Waals surface area contributed by atoms with Gasteiger partial charge in [0.25, 0.3) is 21.3 Å². The predicted molar refractivity (Wildman–Crippen MR) is 116 cm³/mol. The summed E-state index contributed by atoms with van der Waals surface area (Å²) in [4.78, 5) is 29.9. The molecule has 4 rings (SSSR count). The van der Waals surface area contributed by atoms with Crippen molar-refractivity contribution in [3.05, 3.63) is 92.8 Å². The number of para-hydroxylation sites is 2. The molecule has 0 radical (unpaired) electrons. The Morgan fingerprint density at radius 2 is 1.81 bits per heavy atom. The first-order valence-corrected chi connectivity index (χ1v) is 10.6.